The van der Waals surface area contributed by atoms with Crippen molar-refractivity contribution in [1.82, 2.24) is 0 Å². The molecule has 2 nitrogen and oxygen atoms in total. The lowest BCUT2D eigenvalue weighted by Crippen LogP contribution is -1.89. The fraction of sp³-hybridized carbons (Fsp3) is 0.400. The average molecular weight is 221 g/mol. The van der Waals surface area contributed by atoms with Gasteiger partial charge in [-0.1, -0.05) is 5.92 Å². The maximum Gasteiger partial charge on any atom is 0.134 e. The lowest BCUT2D eigenvalue weighted by molar-refractivity contribution is 0.203. The van der Waals surface area contributed by atoms with Gasteiger partial charge in [-0.3, -0.25) is 0 Å². The predicted octanol–water partition coefficient (Wildman–Crippen LogP) is 0.922. The molecule has 0 atom stereocenters. The van der Waals surface area contributed by atoms with Crippen LogP contribution in [0.1, 0.15) is 0 Å². The highest BCUT2D eigenvalue weighted by atomic mass is 127. The van der Waals surface area contributed by atoms with Crippen LogP contribution in [0, 0.1) is 21.2 Å². The van der Waals surface area contributed by atoms with Gasteiger partial charge in [0, 0.05) is 22.6 Å². The number of rotatable bonds is 2. The van der Waals surface area contributed by atoms with Gasteiger partial charge >= 0.3 is 0 Å². The van der Waals surface area contributed by atoms with Gasteiger partial charge in [0.2, 0.25) is 0 Å². The first kappa shape index (κ1) is 7.74. The summed E-state index contributed by atoms with van der Waals surface area (Å²) in [5, 5.41) is 7.94. The van der Waals surface area contributed by atoms with Crippen molar-refractivity contribution in [2.24, 2.45) is 0 Å². The van der Waals surface area contributed by atoms with Crippen molar-refractivity contribution in [2.45, 2.75) is 0 Å². The van der Waals surface area contributed by atoms with Gasteiger partial charge in [-0.05, 0) is 3.93 Å². The fourth-order valence-corrected chi connectivity index (χ4v) is 0.331. The second-order valence-corrected chi connectivity index (χ2v) is 1.46. The van der Waals surface area contributed by atoms with Crippen LogP contribution in [0.4, 0.5) is 0 Å². The lowest BCUT2D eigenvalue weighted by Gasteiger charge is -1.84. The SMILES string of the molecule is N#CCOCC#CI. The molecule has 0 unspecified atom stereocenters. The minimum atomic E-state index is 0.130. The van der Waals surface area contributed by atoms with Crippen LogP contribution in [0.15, 0.2) is 0 Å². The minimum Gasteiger partial charge on any atom is -0.354 e. The van der Waals surface area contributed by atoms with Gasteiger partial charge in [0.25, 0.3) is 0 Å². The third kappa shape index (κ3) is 5.74. The van der Waals surface area contributed by atoms with E-state index in [0.717, 1.165) is 0 Å². The van der Waals surface area contributed by atoms with Crippen molar-refractivity contribution >= 4 is 22.6 Å². The molecule has 0 aromatic carbocycles. The summed E-state index contributed by atoms with van der Waals surface area (Å²) >= 11 is 1.92. The van der Waals surface area contributed by atoms with E-state index in [2.05, 4.69) is 14.6 Å². The molecule has 0 spiro atoms. The molecule has 0 saturated carbocycles. The Morgan fingerprint density at radius 1 is 1.50 bits per heavy atom. The monoisotopic (exact) mass is 221 g/mol. The van der Waals surface area contributed by atoms with Crippen LogP contribution in [-0.2, 0) is 4.74 Å². The van der Waals surface area contributed by atoms with Crippen LogP contribution in [0.25, 0.3) is 0 Å². The van der Waals surface area contributed by atoms with Crippen molar-refractivity contribution in [3.8, 4) is 15.9 Å². The molecular weight excluding hydrogens is 217 g/mol. The molecule has 0 N–H and O–H groups in total. The molecule has 0 fully saturated rings. The quantitative estimate of drug-likeness (QED) is 0.394. The van der Waals surface area contributed by atoms with Crippen molar-refractivity contribution in [2.75, 3.05) is 13.2 Å². The Hall–Kier alpha value is -0.260. The van der Waals surface area contributed by atoms with Crippen molar-refractivity contribution in [1.29, 1.82) is 5.26 Å². The molecule has 0 aromatic heterocycles. The Morgan fingerprint density at radius 2 is 2.25 bits per heavy atom. The largest absolute Gasteiger partial charge is 0.354 e. The van der Waals surface area contributed by atoms with Crippen molar-refractivity contribution < 1.29 is 4.74 Å². The lowest BCUT2D eigenvalue weighted by atomic mass is 10.7. The van der Waals surface area contributed by atoms with Crippen LogP contribution >= 0.6 is 22.6 Å². The first-order valence-electron chi connectivity index (χ1n) is 1.95. The van der Waals surface area contributed by atoms with E-state index in [1.807, 2.05) is 28.7 Å². The maximum absolute atomic E-state index is 7.94. The van der Waals surface area contributed by atoms with Gasteiger partial charge in [-0.15, -0.1) is 0 Å². The van der Waals surface area contributed by atoms with Crippen LogP contribution < -0.4 is 0 Å². The summed E-state index contributed by atoms with van der Waals surface area (Å²) in [4.78, 5) is 0. The van der Waals surface area contributed by atoms with E-state index in [9.17, 15) is 0 Å². The average Bonchev–Trinajstić information content (AvgIpc) is 1.81. The Balaban J connectivity index is 2.93. The van der Waals surface area contributed by atoms with E-state index in [4.69, 9.17) is 5.26 Å². The molecule has 0 heterocycles. The summed E-state index contributed by atoms with van der Waals surface area (Å²) < 4.78 is 7.30. The number of nitriles is 1. The number of ether oxygens (including phenoxy) is 1. The Kier molecular flexibility index (Phi) is 6.52. The highest BCUT2D eigenvalue weighted by Crippen LogP contribution is 1.73. The molecule has 0 radical (unpaired) electrons. The van der Waals surface area contributed by atoms with E-state index < -0.39 is 0 Å². The van der Waals surface area contributed by atoms with Crippen LogP contribution in [-0.4, -0.2) is 13.2 Å². The van der Waals surface area contributed by atoms with Gasteiger partial charge in [0.1, 0.15) is 13.2 Å². The first-order chi connectivity index (χ1) is 3.91. The number of halogens is 1. The van der Waals surface area contributed by atoms with Crippen molar-refractivity contribution in [3.05, 3.63) is 0 Å². The van der Waals surface area contributed by atoms with Gasteiger partial charge in [-0.25, -0.2) is 0 Å². The number of nitrogens with zero attached hydrogens (tertiary/aromatic N) is 1. The smallest absolute Gasteiger partial charge is 0.134 e. The summed E-state index contributed by atoms with van der Waals surface area (Å²) in [5.41, 5.74) is 0. The Labute approximate surface area is 62.0 Å². The summed E-state index contributed by atoms with van der Waals surface area (Å²) in [6.45, 7) is 0.488. The molecule has 42 valence electrons. The molecule has 0 aliphatic rings. The van der Waals surface area contributed by atoms with Crippen LogP contribution in [0.3, 0.4) is 0 Å². The standard InChI is InChI=1S/C5H4INO/c6-2-1-4-8-5-3-7/h4-5H2. The molecule has 3 heteroatoms. The molecule has 0 aromatic rings. The normalized spacial score (nSPS) is 6.50. The van der Waals surface area contributed by atoms with E-state index in [1.165, 1.54) is 0 Å². The first-order valence-corrected chi connectivity index (χ1v) is 3.03. The van der Waals surface area contributed by atoms with Crippen LogP contribution in [0.5, 0.6) is 0 Å². The van der Waals surface area contributed by atoms with Crippen molar-refractivity contribution in [3.63, 3.8) is 0 Å². The third-order valence-electron chi connectivity index (χ3n) is 0.408. The van der Waals surface area contributed by atoms with Crippen LogP contribution in [0.2, 0.25) is 0 Å². The zero-order chi connectivity index (χ0) is 6.24. The van der Waals surface area contributed by atoms with Gasteiger partial charge in [-0.2, -0.15) is 5.26 Å². The predicted molar refractivity (Wildman–Crippen MR) is 38.2 cm³/mol. The Bertz CT molecular complexity index is 139. The molecule has 0 amide bonds. The molecule has 0 saturated heterocycles. The van der Waals surface area contributed by atoms with E-state index in [1.54, 1.807) is 0 Å². The molecular formula is C5H4INO. The highest BCUT2D eigenvalue weighted by molar-refractivity contribution is 14.1. The Morgan fingerprint density at radius 3 is 2.75 bits per heavy atom. The topological polar surface area (TPSA) is 33.0 Å². The second kappa shape index (κ2) is 6.74. The zero-order valence-corrected chi connectivity index (χ0v) is 6.31. The van der Waals surface area contributed by atoms with Gasteiger partial charge in [0.05, 0.1) is 6.07 Å². The summed E-state index contributed by atoms with van der Waals surface area (Å²) in [7, 11) is 0. The van der Waals surface area contributed by atoms with E-state index >= 15 is 0 Å². The molecule has 0 rings (SSSR count). The molecule has 0 bridgehead atoms. The summed E-state index contributed by atoms with van der Waals surface area (Å²) in [6.07, 6.45) is 0. The number of hydrogen-bond donors (Lipinski definition) is 0. The molecule has 0 aliphatic heterocycles. The van der Waals surface area contributed by atoms with Gasteiger partial charge in [0.15, 0.2) is 0 Å². The van der Waals surface area contributed by atoms with E-state index in [0.29, 0.717) is 6.61 Å². The van der Waals surface area contributed by atoms with Gasteiger partial charge < -0.3 is 4.74 Å². The number of hydrogen-bond acceptors (Lipinski definition) is 2. The zero-order valence-electron chi connectivity index (χ0n) is 4.15. The minimum absolute atomic E-state index is 0.130. The third-order valence-corrected chi connectivity index (χ3v) is 0.789. The second-order valence-electron chi connectivity index (χ2n) is 0.922. The summed E-state index contributed by atoms with van der Waals surface area (Å²) in [5.74, 6) is 2.65. The molecule has 0 aliphatic carbocycles. The van der Waals surface area contributed by atoms with E-state index in [-0.39, 0.29) is 6.61 Å². The summed E-state index contributed by atoms with van der Waals surface area (Å²) in [6, 6.07) is 1.83. The fourth-order valence-electron chi connectivity index (χ4n) is 0.175. The highest BCUT2D eigenvalue weighted by Gasteiger charge is 1.75. The maximum atomic E-state index is 7.94. The molecule has 8 heavy (non-hydrogen) atoms.